The number of rotatable bonds is 6. The second-order valence-corrected chi connectivity index (χ2v) is 4.39. The second-order valence-electron chi connectivity index (χ2n) is 4.39. The molecule has 0 fully saturated rings. The van der Waals surface area contributed by atoms with E-state index in [0.717, 1.165) is 11.3 Å². The molecule has 0 spiro atoms. The summed E-state index contributed by atoms with van der Waals surface area (Å²) in [6.07, 6.45) is 0. The van der Waals surface area contributed by atoms with Crippen molar-refractivity contribution in [2.45, 2.75) is 13.0 Å². The quantitative estimate of drug-likeness (QED) is 0.801. The van der Waals surface area contributed by atoms with Gasteiger partial charge in [0, 0.05) is 12.6 Å². The molecular formula is C16H18FNO. The Morgan fingerprint density at radius 1 is 1.11 bits per heavy atom. The van der Waals surface area contributed by atoms with Crippen LogP contribution in [0.5, 0.6) is 5.75 Å². The van der Waals surface area contributed by atoms with E-state index in [0.29, 0.717) is 13.2 Å². The minimum absolute atomic E-state index is 0.107. The van der Waals surface area contributed by atoms with E-state index in [2.05, 4.69) is 5.32 Å². The van der Waals surface area contributed by atoms with E-state index in [1.54, 1.807) is 12.1 Å². The largest absolute Gasteiger partial charge is 0.492 e. The van der Waals surface area contributed by atoms with Gasteiger partial charge in [0.25, 0.3) is 0 Å². The zero-order valence-corrected chi connectivity index (χ0v) is 11.0. The highest BCUT2D eigenvalue weighted by molar-refractivity contribution is 5.21. The number of benzene rings is 2. The Morgan fingerprint density at radius 2 is 1.89 bits per heavy atom. The molecule has 100 valence electrons. The van der Waals surface area contributed by atoms with E-state index in [9.17, 15) is 4.39 Å². The summed E-state index contributed by atoms with van der Waals surface area (Å²) in [4.78, 5) is 0. The van der Waals surface area contributed by atoms with Crippen LogP contribution in [0.15, 0.2) is 54.6 Å². The third-order valence-corrected chi connectivity index (χ3v) is 2.91. The molecule has 0 saturated carbocycles. The van der Waals surface area contributed by atoms with Crippen LogP contribution in [-0.2, 0) is 0 Å². The first-order chi connectivity index (χ1) is 9.25. The monoisotopic (exact) mass is 259 g/mol. The van der Waals surface area contributed by atoms with Gasteiger partial charge in [-0.3, -0.25) is 0 Å². The molecule has 1 N–H and O–H groups in total. The molecular weight excluding hydrogens is 241 g/mol. The summed E-state index contributed by atoms with van der Waals surface area (Å²) in [5.74, 6) is 0.661. The van der Waals surface area contributed by atoms with Crippen LogP contribution in [0.1, 0.15) is 18.5 Å². The number of ether oxygens (including phenoxy) is 1. The lowest BCUT2D eigenvalue weighted by Crippen LogP contribution is -2.24. The highest BCUT2D eigenvalue weighted by Crippen LogP contribution is 2.13. The Morgan fingerprint density at radius 3 is 2.63 bits per heavy atom. The highest BCUT2D eigenvalue weighted by Gasteiger charge is 2.05. The summed E-state index contributed by atoms with van der Waals surface area (Å²) in [7, 11) is 0. The smallest absolute Gasteiger partial charge is 0.123 e. The summed E-state index contributed by atoms with van der Waals surface area (Å²) >= 11 is 0. The Labute approximate surface area is 113 Å². The number of hydrogen-bond donors (Lipinski definition) is 1. The van der Waals surface area contributed by atoms with Gasteiger partial charge in [-0.2, -0.15) is 0 Å². The predicted octanol–water partition coefficient (Wildman–Crippen LogP) is 3.56. The zero-order chi connectivity index (χ0) is 13.5. The minimum Gasteiger partial charge on any atom is -0.492 e. The maximum atomic E-state index is 13.1. The van der Waals surface area contributed by atoms with Crippen molar-refractivity contribution in [3.8, 4) is 5.75 Å². The van der Waals surface area contributed by atoms with Gasteiger partial charge in [-0.25, -0.2) is 4.39 Å². The van der Waals surface area contributed by atoms with Crippen LogP contribution in [-0.4, -0.2) is 13.2 Å². The Balaban J connectivity index is 1.74. The van der Waals surface area contributed by atoms with Gasteiger partial charge in [-0.15, -0.1) is 0 Å². The molecule has 0 aliphatic carbocycles. The molecule has 2 nitrogen and oxygen atoms in total. The first-order valence-electron chi connectivity index (χ1n) is 6.42. The van der Waals surface area contributed by atoms with Crippen molar-refractivity contribution in [2.24, 2.45) is 0 Å². The van der Waals surface area contributed by atoms with Crippen molar-refractivity contribution in [1.29, 1.82) is 0 Å². The van der Waals surface area contributed by atoms with Gasteiger partial charge in [-0.05, 0) is 36.8 Å². The summed E-state index contributed by atoms with van der Waals surface area (Å²) < 4.78 is 18.7. The van der Waals surface area contributed by atoms with Crippen LogP contribution in [0, 0.1) is 5.82 Å². The van der Waals surface area contributed by atoms with Gasteiger partial charge >= 0.3 is 0 Å². The summed E-state index contributed by atoms with van der Waals surface area (Å²) in [6.45, 7) is 3.31. The van der Waals surface area contributed by atoms with Crippen LogP contribution in [0.2, 0.25) is 0 Å². The zero-order valence-electron chi connectivity index (χ0n) is 11.0. The standard InChI is InChI=1S/C16H18FNO/c1-13(14-6-5-7-15(17)12-14)18-10-11-19-16-8-3-2-4-9-16/h2-9,12-13,18H,10-11H2,1H3/t13-/m1/s1. The summed E-state index contributed by atoms with van der Waals surface area (Å²) in [5, 5.41) is 3.30. The van der Waals surface area contributed by atoms with Gasteiger partial charge in [-0.1, -0.05) is 30.3 Å². The molecule has 0 aliphatic rings. The van der Waals surface area contributed by atoms with Crippen LogP contribution in [0.3, 0.4) is 0 Å². The van der Waals surface area contributed by atoms with Crippen molar-refractivity contribution in [2.75, 3.05) is 13.2 Å². The number of nitrogens with one attached hydrogen (secondary N) is 1. The van der Waals surface area contributed by atoms with Crippen LogP contribution in [0.4, 0.5) is 4.39 Å². The Bertz CT molecular complexity index is 501. The van der Waals surface area contributed by atoms with Gasteiger partial charge < -0.3 is 10.1 Å². The lowest BCUT2D eigenvalue weighted by atomic mass is 10.1. The van der Waals surface area contributed by atoms with Crippen LogP contribution in [0.25, 0.3) is 0 Å². The van der Waals surface area contributed by atoms with Crippen molar-refractivity contribution in [3.05, 3.63) is 66.0 Å². The molecule has 0 radical (unpaired) electrons. The first-order valence-corrected chi connectivity index (χ1v) is 6.42. The molecule has 0 amide bonds. The van der Waals surface area contributed by atoms with Gasteiger partial charge in [0.05, 0.1) is 0 Å². The number of hydrogen-bond acceptors (Lipinski definition) is 2. The second kappa shape index (κ2) is 6.90. The van der Waals surface area contributed by atoms with E-state index in [1.165, 1.54) is 6.07 Å². The third kappa shape index (κ3) is 4.38. The number of halogens is 1. The average Bonchev–Trinajstić information content (AvgIpc) is 2.44. The van der Waals surface area contributed by atoms with E-state index >= 15 is 0 Å². The van der Waals surface area contributed by atoms with Crippen molar-refractivity contribution in [1.82, 2.24) is 5.32 Å². The number of para-hydroxylation sites is 1. The van der Waals surface area contributed by atoms with E-state index in [-0.39, 0.29) is 11.9 Å². The molecule has 0 aromatic heterocycles. The molecule has 3 heteroatoms. The molecule has 0 saturated heterocycles. The Hall–Kier alpha value is -1.87. The fraction of sp³-hybridized carbons (Fsp3) is 0.250. The van der Waals surface area contributed by atoms with Crippen molar-refractivity contribution < 1.29 is 9.13 Å². The molecule has 1 atom stereocenters. The molecule has 0 heterocycles. The van der Waals surface area contributed by atoms with Crippen LogP contribution < -0.4 is 10.1 Å². The first kappa shape index (κ1) is 13.6. The lowest BCUT2D eigenvalue weighted by molar-refractivity contribution is 0.307. The molecule has 2 rings (SSSR count). The molecule has 2 aromatic rings. The van der Waals surface area contributed by atoms with Crippen LogP contribution >= 0.6 is 0 Å². The normalized spacial score (nSPS) is 12.1. The Kier molecular flexibility index (Phi) is 4.93. The minimum atomic E-state index is -0.202. The highest BCUT2D eigenvalue weighted by atomic mass is 19.1. The average molecular weight is 259 g/mol. The predicted molar refractivity (Wildman–Crippen MR) is 74.8 cm³/mol. The topological polar surface area (TPSA) is 21.3 Å². The molecule has 19 heavy (non-hydrogen) atoms. The summed E-state index contributed by atoms with van der Waals surface area (Å²) in [5.41, 5.74) is 0.944. The lowest BCUT2D eigenvalue weighted by Gasteiger charge is -2.14. The molecule has 0 unspecified atom stereocenters. The molecule has 0 aliphatic heterocycles. The van der Waals surface area contributed by atoms with Gasteiger partial charge in [0.1, 0.15) is 18.2 Å². The molecule has 2 aromatic carbocycles. The van der Waals surface area contributed by atoms with E-state index in [4.69, 9.17) is 4.74 Å². The van der Waals surface area contributed by atoms with Crippen molar-refractivity contribution >= 4 is 0 Å². The van der Waals surface area contributed by atoms with Gasteiger partial charge in [0.2, 0.25) is 0 Å². The SMILES string of the molecule is C[C@@H](NCCOc1ccccc1)c1cccc(F)c1. The van der Waals surface area contributed by atoms with E-state index < -0.39 is 0 Å². The maximum Gasteiger partial charge on any atom is 0.123 e. The summed E-state index contributed by atoms with van der Waals surface area (Å²) in [6, 6.07) is 16.4. The van der Waals surface area contributed by atoms with Crippen molar-refractivity contribution in [3.63, 3.8) is 0 Å². The van der Waals surface area contributed by atoms with Gasteiger partial charge in [0.15, 0.2) is 0 Å². The fourth-order valence-corrected chi connectivity index (χ4v) is 1.85. The molecule has 0 bridgehead atoms. The maximum absolute atomic E-state index is 13.1. The third-order valence-electron chi connectivity index (χ3n) is 2.91. The fourth-order valence-electron chi connectivity index (χ4n) is 1.85. The van der Waals surface area contributed by atoms with E-state index in [1.807, 2.05) is 43.3 Å².